The van der Waals surface area contributed by atoms with E-state index in [0.717, 1.165) is 6.42 Å². The van der Waals surface area contributed by atoms with Gasteiger partial charge in [0, 0.05) is 11.1 Å². The zero-order chi connectivity index (χ0) is 14.7. The largest absolute Gasteiger partial charge is 0.306 e. The molecule has 0 aliphatic heterocycles. The number of halogens is 2. The van der Waals surface area contributed by atoms with Gasteiger partial charge >= 0.3 is 0 Å². The molecule has 0 radical (unpaired) electrons. The van der Waals surface area contributed by atoms with E-state index >= 15 is 0 Å². The van der Waals surface area contributed by atoms with Gasteiger partial charge in [-0.3, -0.25) is 0 Å². The van der Waals surface area contributed by atoms with Crippen molar-refractivity contribution in [3.05, 3.63) is 35.9 Å². The second-order valence-electron chi connectivity index (χ2n) is 7.05. The fourth-order valence-corrected chi connectivity index (χ4v) is 2.52. The van der Waals surface area contributed by atoms with Crippen LogP contribution in [0.1, 0.15) is 46.6 Å². The van der Waals surface area contributed by atoms with Crippen LogP contribution in [-0.2, 0) is 5.92 Å². The molecule has 1 aromatic rings. The van der Waals surface area contributed by atoms with E-state index in [2.05, 4.69) is 26.1 Å². The van der Waals surface area contributed by atoms with Crippen molar-refractivity contribution in [1.29, 1.82) is 0 Å². The maximum atomic E-state index is 14.1. The highest BCUT2D eigenvalue weighted by molar-refractivity contribution is 5.20. The monoisotopic (exact) mass is 269 g/mol. The minimum Gasteiger partial charge on any atom is -0.306 e. The fraction of sp³-hybridized carbons (Fsp3) is 0.625. The van der Waals surface area contributed by atoms with Crippen LogP contribution in [0.5, 0.6) is 0 Å². The molecule has 0 saturated heterocycles. The van der Waals surface area contributed by atoms with E-state index in [1.807, 2.05) is 13.8 Å². The van der Waals surface area contributed by atoms with Crippen LogP contribution in [0.4, 0.5) is 8.78 Å². The van der Waals surface area contributed by atoms with Gasteiger partial charge in [0.2, 0.25) is 0 Å². The summed E-state index contributed by atoms with van der Waals surface area (Å²) >= 11 is 0. The first-order chi connectivity index (χ1) is 8.52. The zero-order valence-electron chi connectivity index (χ0n) is 12.6. The quantitative estimate of drug-likeness (QED) is 0.825. The topological polar surface area (TPSA) is 12.0 Å². The molecule has 0 atom stereocenters. The molecular formula is C16H25F2N. The lowest BCUT2D eigenvalue weighted by molar-refractivity contribution is -0.0115. The summed E-state index contributed by atoms with van der Waals surface area (Å²) in [5, 5.41) is 3.00. The number of rotatable bonds is 5. The number of benzene rings is 1. The molecule has 0 unspecified atom stereocenters. The Hall–Kier alpha value is -0.960. The number of alkyl halides is 2. The lowest BCUT2D eigenvalue weighted by atomic mass is 9.81. The molecular weight excluding hydrogens is 244 g/mol. The number of nitrogens with one attached hydrogen (secondary N) is 1. The minimum absolute atomic E-state index is 0.0639. The van der Waals surface area contributed by atoms with Gasteiger partial charge in [0.1, 0.15) is 0 Å². The molecule has 1 rings (SSSR count). The molecule has 0 aromatic heterocycles. The standard InChI is InChI=1S/C16H25F2N/c1-14(2,3)11-15(4,5)19-12-16(17,18)13-9-7-6-8-10-13/h6-10,19H,11-12H2,1-5H3. The van der Waals surface area contributed by atoms with Gasteiger partial charge in [0.25, 0.3) is 5.92 Å². The Kier molecular flexibility index (Phi) is 4.72. The smallest absolute Gasteiger partial charge is 0.285 e. The molecule has 1 nitrogen and oxygen atoms in total. The van der Waals surface area contributed by atoms with E-state index in [1.165, 1.54) is 12.1 Å². The van der Waals surface area contributed by atoms with E-state index < -0.39 is 5.92 Å². The second-order valence-corrected chi connectivity index (χ2v) is 7.05. The van der Waals surface area contributed by atoms with Crippen LogP contribution >= 0.6 is 0 Å². The highest BCUT2D eigenvalue weighted by atomic mass is 19.3. The highest BCUT2D eigenvalue weighted by Crippen LogP contribution is 2.30. The molecule has 0 fully saturated rings. The molecule has 0 aliphatic rings. The first kappa shape index (κ1) is 16.1. The summed E-state index contributed by atoms with van der Waals surface area (Å²) in [6.07, 6.45) is 0.838. The van der Waals surface area contributed by atoms with Gasteiger partial charge in [-0.1, -0.05) is 51.1 Å². The van der Waals surface area contributed by atoms with Gasteiger partial charge in [-0.15, -0.1) is 0 Å². The van der Waals surface area contributed by atoms with Crippen LogP contribution in [0, 0.1) is 5.41 Å². The Morgan fingerprint density at radius 3 is 1.95 bits per heavy atom. The first-order valence-corrected chi connectivity index (χ1v) is 6.70. The molecule has 1 aromatic carbocycles. The first-order valence-electron chi connectivity index (χ1n) is 6.70. The Bertz CT molecular complexity index is 391. The normalized spacial score (nSPS) is 13.6. The summed E-state index contributed by atoms with van der Waals surface area (Å²) in [7, 11) is 0. The van der Waals surface area contributed by atoms with Crippen molar-refractivity contribution in [1.82, 2.24) is 5.32 Å². The van der Waals surface area contributed by atoms with Crippen molar-refractivity contribution >= 4 is 0 Å². The fourth-order valence-electron chi connectivity index (χ4n) is 2.52. The van der Waals surface area contributed by atoms with Crippen molar-refractivity contribution < 1.29 is 8.78 Å². The average molecular weight is 269 g/mol. The third-order valence-corrected chi connectivity index (χ3v) is 2.96. The molecule has 0 amide bonds. The van der Waals surface area contributed by atoms with Crippen molar-refractivity contribution in [2.45, 2.75) is 52.5 Å². The van der Waals surface area contributed by atoms with Crippen molar-refractivity contribution in [2.24, 2.45) is 5.41 Å². The van der Waals surface area contributed by atoms with E-state index in [-0.39, 0.29) is 23.1 Å². The van der Waals surface area contributed by atoms with Gasteiger partial charge in [-0.25, -0.2) is 0 Å². The Morgan fingerprint density at radius 2 is 1.47 bits per heavy atom. The molecule has 19 heavy (non-hydrogen) atoms. The second kappa shape index (κ2) is 5.58. The van der Waals surface area contributed by atoms with Gasteiger partial charge in [-0.2, -0.15) is 8.78 Å². The summed E-state index contributed by atoms with van der Waals surface area (Å²) in [5.74, 6) is -2.84. The average Bonchev–Trinajstić information content (AvgIpc) is 2.25. The third-order valence-electron chi connectivity index (χ3n) is 2.96. The van der Waals surface area contributed by atoms with E-state index in [0.29, 0.717) is 0 Å². The van der Waals surface area contributed by atoms with Crippen molar-refractivity contribution in [2.75, 3.05) is 6.54 Å². The predicted molar refractivity (Wildman–Crippen MR) is 76.5 cm³/mol. The highest BCUT2D eigenvalue weighted by Gasteiger charge is 2.34. The molecule has 3 heteroatoms. The van der Waals surface area contributed by atoms with Gasteiger partial charge in [0.05, 0.1) is 6.54 Å². The molecule has 0 bridgehead atoms. The molecule has 0 spiro atoms. The molecule has 108 valence electrons. The molecule has 1 N–H and O–H groups in total. The van der Waals surface area contributed by atoms with Crippen LogP contribution in [0.3, 0.4) is 0 Å². The van der Waals surface area contributed by atoms with Gasteiger partial charge in [0.15, 0.2) is 0 Å². The maximum absolute atomic E-state index is 14.1. The van der Waals surface area contributed by atoms with Crippen LogP contribution in [-0.4, -0.2) is 12.1 Å². The predicted octanol–water partition coefficient (Wildman–Crippen LogP) is 4.58. The van der Waals surface area contributed by atoms with E-state index in [4.69, 9.17) is 0 Å². The Labute approximate surface area is 115 Å². The third kappa shape index (κ3) is 5.68. The van der Waals surface area contributed by atoms with Crippen LogP contribution in [0.15, 0.2) is 30.3 Å². The SMILES string of the molecule is CC(C)(C)CC(C)(C)NCC(F)(F)c1ccccc1. The lowest BCUT2D eigenvalue weighted by Gasteiger charge is -2.34. The molecule has 0 aliphatic carbocycles. The van der Waals surface area contributed by atoms with Crippen molar-refractivity contribution in [3.63, 3.8) is 0 Å². The zero-order valence-corrected chi connectivity index (χ0v) is 12.6. The van der Waals surface area contributed by atoms with Crippen LogP contribution < -0.4 is 5.32 Å². The van der Waals surface area contributed by atoms with Crippen LogP contribution in [0.2, 0.25) is 0 Å². The summed E-state index contributed by atoms with van der Waals surface area (Å²) in [6.45, 7) is 9.96. The maximum Gasteiger partial charge on any atom is 0.285 e. The van der Waals surface area contributed by atoms with E-state index in [9.17, 15) is 8.78 Å². The Morgan fingerprint density at radius 1 is 0.947 bits per heavy atom. The summed E-state index contributed by atoms with van der Waals surface area (Å²) in [6, 6.07) is 7.97. The van der Waals surface area contributed by atoms with Crippen molar-refractivity contribution in [3.8, 4) is 0 Å². The minimum atomic E-state index is -2.84. The summed E-state index contributed by atoms with van der Waals surface area (Å²) in [5.41, 5.74) is -0.135. The molecule has 0 saturated carbocycles. The number of hydrogen-bond acceptors (Lipinski definition) is 1. The Balaban J connectivity index is 2.65. The van der Waals surface area contributed by atoms with Gasteiger partial charge in [-0.05, 0) is 25.7 Å². The van der Waals surface area contributed by atoms with E-state index in [1.54, 1.807) is 18.2 Å². The van der Waals surface area contributed by atoms with Crippen LogP contribution in [0.25, 0.3) is 0 Å². The lowest BCUT2D eigenvalue weighted by Crippen LogP contribution is -2.46. The van der Waals surface area contributed by atoms with Gasteiger partial charge < -0.3 is 5.32 Å². The molecule has 0 heterocycles. The number of hydrogen-bond donors (Lipinski definition) is 1. The summed E-state index contributed by atoms with van der Waals surface area (Å²) in [4.78, 5) is 0. The summed E-state index contributed by atoms with van der Waals surface area (Å²) < 4.78 is 28.1.